The van der Waals surface area contributed by atoms with Crippen molar-refractivity contribution in [3.63, 3.8) is 0 Å². The van der Waals surface area contributed by atoms with E-state index in [4.69, 9.17) is 9.47 Å². The number of rotatable bonds is 15. The van der Waals surface area contributed by atoms with Gasteiger partial charge < -0.3 is 9.47 Å². The molecule has 0 aliphatic heterocycles. The second-order valence-corrected chi connectivity index (χ2v) is 9.50. The van der Waals surface area contributed by atoms with E-state index in [-0.39, 0.29) is 19.8 Å². The van der Waals surface area contributed by atoms with Crippen LogP contribution in [0.4, 0.5) is 13.2 Å². The van der Waals surface area contributed by atoms with E-state index in [1.54, 1.807) is 0 Å². The van der Waals surface area contributed by atoms with Crippen LogP contribution in [0.5, 0.6) is 0 Å². The molecule has 0 fully saturated rings. The highest BCUT2D eigenvalue weighted by atomic mass is 32.2. The van der Waals surface area contributed by atoms with Crippen LogP contribution in [-0.4, -0.2) is 39.9 Å². The quantitative estimate of drug-likeness (QED) is 0.266. The van der Waals surface area contributed by atoms with Crippen LogP contribution >= 0.6 is 0 Å². The molecule has 0 aliphatic carbocycles. The van der Waals surface area contributed by atoms with E-state index < -0.39 is 28.3 Å². The van der Waals surface area contributed by atoms with Gasteiger partial charge in [-0.2, -0.15) is 21.6 Å². The van der Waals surface area contributed by atoms with Gasteiger partial charge in [0, 0.05) is 6.61 Å². The molecule has 9 heteroatoms. The Morgan fingerprint density at radius 2 is 1.63 bits per heavy atom. The highest BCUT2D eigenvalue weighted by Gasteiger charge is 2.47. The normalized spacial score (nSPS) is 14.8. The van der Waals surface area contributed by atoms with Crippen molar-refractivity contribution in [3.05, 3.63) is 35.9 Å². The predicted molar refractivity (Wildman–Crippen MR) is 109 cm³/mol. The van der Waals surface area contributed by atoms with Gasteiger partial charge in [0.05, 0.1) is 19.8 Å². The largest absolute Gasteiger partial charge is 0.523 e. The van der Waals surface area contributed by atoms with Crippen molar-refractivity contribution in [2.75, 3.05) is 19.8 Å². The van der Waals surface area contributed by atoms with Crippen LogP contribution < -0.4 is 0 Å². The molecule has 0 spiro atoms. The van der Waals surface area contributed by atoms with Crippen LogP contribution in [0, 0.1) is 11.8 Å². The number of halogens is 3. The smallest absolute Gasteiger partial charge is 0.374 e. The Morgan fingerprint density at radius 1 is 0.967 bits per heavy atom. The number of alkyl halides is 3. The molecule has 2 atom stereocenters. The lowest BCUT2D eigenvalue weighted by molar-refractivity contribution is -0.0679. The molecule has 0 saturated carbocycles. The van der Waals surface area contributed by atoms with Gasteiger partial charge in [-0.25, -0.2) is 0 Å². The molecule has 1 rings (SSSR count). The Hall–Kier alpha value is -1.16. The van der Waals surface area contributed by atoms with Crippen molar-refractivity contribution in [3.8, 4) is 0 Å². The Bertz CT molecular complexity index is 678. The summed E-state index contributed by atoms with van der Waals surface area (Å²) in [6, 6.07) is 9.23. The van der Waals surface area contributed by atoms with Crippen LogP contribution in [0.15, 0.2) is 30.3 Å². The molecule has 0 aliphatic rings. The van der Waals surface area contributed by atoms with Gasteiger partial charge in [-0.15, -0.1) is 0 Å². The van der Waals surface area contributed by atoms with Crippen LogP contribution in [-0.2, 0) is 30.4 Å². The van der Waals surface area contributed by atoms with Crippen LogP contribution in [0.3, 0.4) is 0 Å². The van der Waals surface area contributed by atoms with Gasteiger partial charge in [0.1, 0.15) is 6.10 Å². The minimum Gasteiger partial charge on any atom is -0.374 e. The maximum atomic E-state index is 12.5. The second kappa shape index (κ2) is 13.3. The van der Waals surface area contributed by atoms with E-state index in [1.807, 2.05) is 30.3 Å². The first-order chi connectivity index (χ1) is 14.0. The molecule has 0 N–H and O–H groups in total. The van der Waals surface area contributed by atoms with Gasteiger partial charge in [0.15, 0.2) is 0 Å². The first-order valence-electron chi connectivity index (χ1n) is 10.2. The molecular formula is C21H33F3O5S. The van der Waals surface area contributed by atoms with Crippen LogP contribution in [0.1, 0.15) is 52.0 Å². The maximum Gasteiger partial charge on any atom is 0.523 e. The zero-order valence-corrected chi connectivity index (χ0v) is 18.7. The summed E-state index contributed by atoms with van der Waals surface area (Å²) < 4.78 is 75.1. The Kier molecular flexibility index (Phi) is 11.9. The monoisotopic (exact) mass is 454 g/mol. The van der Waals surface area contributed by atoms with Crippen molar-refractivity contribution in [1.29, 1.82) is 0 Å². The average molecular weight is 455 g/mol. The van der Waals surface area contributed by atoms with E-state index in [1.165, 1.54) is 0 Å². The third-order valence-electron chi connectivity index (χ3n) is 4.55. The molecule has 0 radical (unpaired) electrons. The summed E-state index contributed by atoms with van der Waals surface area (Å²) in [6.45, 7) is 6.12. The van der Waals surface area contributed by atoms with Crippen molar-refractivity contribution >= 4 is 10.1 Å². The standard InChI is InChI=1S/C21H33F3O5S/c1-17(2)8-7-9-18(3)12-13-28-20(16-29-30(25,26)21(22,23)24)15-27-14-19-10-5-4-6-11-19/h4-6,10-11,17-18,20H,7-9,12-16H2,1-3H3/t18-,20-/m1/s1. The topological polar surface area (TPSA) is 61.8 Å². The number of hydrogen-bond donors (Lipinski definition) is 0. The van der Waals surface area contributed by atoms with Crippen LogP contribution in [0.2, 0.25) is 0 Å². The summed E-state index contributed by atoms with van der Waals surface area (Å²) in [5.74, 6) is 1.04. The zero-order chi connectivity index (χ0) is 22.6. The minimum absolute atomic E-state index is 0.0794. The highest BCUT2D eigenvalue weighted by molar-refractivity contribution is 7.87. The molecule has 5 nitrogen and oxygen atoms in total. The van der Waals surface area contributed by atoms with Crippen molar-refractivity contribution in [2.24, 2.45) is 11.8 Å². The van der Waals surface area contributed by atoms with E-state index in [0.717, 1.165) is 31.2 Å². The van der Waals surface area contributed by atoms with Gasteiger partial charge in [0.25, 0.3) is 0 Å². The van der Waals surface area contributed by atoms with E-state index in [0.29, 0.717) is 11.8 Å². The highest BCUT2D eigenvalue weighted by Crippen LogP contribution is 2.25. The fourth-order valence-electron chi connectivity index (χ4n) is 2.71. The van der Waals surface area contributed by atoms with Gasteiger partial charge in [-0.05, 0) is 23.8 Å². The second-order valence-electron chi connectivity index (χ2n) is 7.90. The average Bonchev–Trinajstić information content (AvgIpc) is 2.65. The lowest BCUT2D eigenvalue weighted by atomic mass is 9.98. The first kappa shape index (κ1) is 26.9. The predicted octanol–water partition coefficient (Wildman–Crippen LogP) is 5.31. The van der Waals surface area contributed by atoms with Crippen molar-refractivity contribution in [1.82, 2.24) is 0 Å². The third-order valence-corrected chi connectivity index (χ3v) is 5.56. The molecule has 0 saturated heterocycles. The lowest BCUT2D eigenvalue weighted by Gasteiger charge is -2.20. The number of benzene rings is 1. The Morgan fingerprint density at radius 3 is 2.23 bits per heavy atom. The Balaban J connectivity index is 2.50. The number of hydrogen-bond acceptors (Lipinski definition) is 5. The van der Waals surface area contributed by atoms with Gasteiger partial charge in [-0.3, -0.25) is 4.18 Å². The molecular weight excluding hydrogens is 421 g/mol. The summed E-state index contributed by atoms with van der Waals surface area (Å²) >= 11 is 0. The van der Waals surface area contributed by atoms with E-state index in [9.17, 15) is 21.6 Å². The lowest BCUT2D eigenvalue weighted by Crippen LogP contribution is -2.32. The third kappa shape index (κ3) is 11.3. The van der Waals surface area contributed by atoms with Gasteiger partial charge >= 0.3 is 15.6 Å². The van der Waals surface area contributed by atoms with Crippen LogP contribution in [0.25, 0.3) is 0 Å². The molecule has 1 aromatic rings. The zero-order valence-electron chi connectivity index (χ0n) is 17.9. The molecule has 30 heavy (non-hydrogen) atoms. The molecule has 0 bridgehead atoms. The molecule has 0 unspecified atom stereocenters. The first-order valence-corrected chi connectivity index (χ1v) is 11.6. The Labute approximate surface area is 178 Å². The number of ether oxygens (including phenoxy) is 2. The fourth-order valence-corrected chi connectivity index (χ4v) is 3.18. The van der Waals surface area contributed by atoms with Crippen molar-refractivity contribution < 1.29 is 35.2 Å². The molecule has 0 aromatic heterocycles. The molecule has 0 amide bonds. The van der Waals surface area contributed by atoms with Gasteiger partial charge in [0.2, 0.25) is 0 Å². The summed E-state index contributed by atoms with van der Waals surface area (Å²) in [7, 11) is -5.67. The molecule has 174 valence electrons. The SMILES string of the molecule is CC(C)CCC[C@@H](C)CCO[C@H](COCc1ccccc1)COS(=O)(=O)C(F)(F)F. The maximum absolute atomic E-state index is 12.5. The summed E-state index contributed by atoms with van der Waals surface area (Å²) in [5.41, 5.74) is -4.58. The van der Waals surface area contributed by atoms with E-state index in [2.05, 4.69) is 25.0 Å². The van der Waals surface area contributed by atoms with Gasteiger partial charge in [-0.1, -0.05) is 70.4 Å². The fraction of sp³-hybridized carbons (Fsp3) is 0.714. The summed E-state index contributed by atoms with van der Waals surface area (Å²) in [5, 5.41) is 0. The molecule has 0 heterocycles. The molecule has 1 aromatic carbocycles. The van der Waals surface area contributed by atoms with E-state index >= 15 is 0 Å². The summed E-state index contributed by atoms with van der Waals surface area (Å²) in [6.07, 6.45) is 3.09. The van der Waals surface area contributed by atoms with Crippen molar-refractivity contribution in [2.45, 2.75) is 64.7 Å². The summed E-state index contributed by atoms with van der Waals surface area (Å²) in [4.78, 5) is 0. The minimum atomic E-state index is -5.67.